The Morgan fingerprint density at radius 1 is 0.561 bits per heavy atom. The van der Waals surface area contributed by atoms with E-state index in [1.807, 2.05) is 18.2 Å². The summed E-state index contributed by atoms with van der Waals surface area (Å²) in [7, 11) is 0. The van der Waals surface area contributed by atoms with E-state index in [-0.39, 0.29) is 35.5 Å². The van der Waals surface area contributed by atoms with E-state index in [1.54, 1.807) is 0 Å². The molecule has 3 fully saturated rings. The van der Waals surface area contributed by atoms with Crippen molar-refractivity contribution >= 4 is 34.8 Å². The Bertz CT molecular complexity index is 967. The third-order valence-corrected chi connectivity index (χ3v) is 10.7. The fourth-order valence-electron chi connectivity index (χ4n) is 7.51. The molecule has 0 heterocycles. The molecule has 0 radical (unpaired) electrons. The predicted octanol–water partition coefficient (Wildman–Crippen LogP) is 8.64. The number of anilines is 3. The van der Waals surface area contributed by atoms with Crippen molar-refractivity contribution in [1.29, 1.82) is 0 Å². The molecule has 3 saturated carbocycles. The van der Waals surface area contributed by atoms with Gasteiger partial charge >= 0.3 is 0 Å². The number of rotatable bonds is 9. The highest BCUT2D eigenvalue weighted by atomic mass is 16.2. The first-order valence-electron chi connectivity index (χ1n) is 16.7. The summed E-state index contributed by atoms with van der Waals surface area (Å²) in [6.07, 6.45) is 13.2. The zero-order valence-corrected chi connectivity index (χ0v) is 26.3. The molecule has 0 unspecified atom stereocenters. The molecule has 0 saturated heterocycles. The standard InChI is InChI=1S/C35H55N3O3/c1-6-24-7-9-27(10-8-24)33(39)36-30-19-31(37-34(40)28-15-11-25(12-16-28)22(2)3)21-32(20-30)38-35(41)29-17-13-26(14-18-29)23(4)5/h19-29H,6-18H2,1-5H3,(H,36,39)(H,37,40)(H,38,41)/t24-,25-,26-,27-,28-,29-. The average Bonchev–Trinajstić information content (AvgIpc) is 2.97. The highest BCUT2D eigenvalue weighted by molar-refractivity contribution is 5.99. The van der Waals surface area contributed by atoms with Crippen molar-refractivity contribution in [2.75, 3.05) is 16.0 Å². The molecule has 1 aromatic rings. The van der Waals surface area contributed by atoms with E-state index in [0.29, 0.717) is 40.7 Å². The molecule has 3 amide bonds. The molecule has 0 atom stereocenters. The lowest BCUT2D eigenvalue weighted by Gasteiger charge is -2.30. The molecule has 6 heteroatoms. The van der Waals surface area contributed by atoms with Crippen molar-refractivity contribution in [2.45, 2.75) is 118 Å². The smallest absolute Gasteiger partial charge is 0.227 e. The zero-order chi connectivity index (χ0) is 29.5. The third-order valence-electron chi connectivity index (χ3n) is 10.7. The van der Waals surface area contributed by atoms with E-state index in [4.69, 9.17) is 0 Å². The molecular formula is C35H55N3O3. The molecule has 1 aromatic carbocycles. The highest BCUT2D eigenvalue weighted by Gasteiger charge is 2.30. The van der Waals surface area contributed by atoms with Gasteiger partial charge in [-0.05, 0) is 125 Å². The van der Waals surface area contributed by atoms with E-state index >= 15 is 0 Å². The minimum Gasteiger partial charge on any atom is -0.326 e. The SMILES string of the molecule is CC[C@H]1CC[C@H](C(=O)Nc2cc(NC(=O)[C@H]3CC[C@H](C(C)C)CC3)cc(NC(=O)[C@H]3CC[C@H](C(C)C)CC3)c2)CC1. The summed E-state index contributed by atoms with van der Waals surface area (Å²) in [5.41, 5.74) is 1.90. The van der Waals surface area contributed by atoms with E-state index in [1.165, 1.54) is 6.42 Å². The van der Waals surface area contributed by atoms with Crippen molar-refractivity contribution in [3.05, 3.63) is 18.2 Å². The number of carbonyl (C=O) groups is 3. The van der Waals surface area contributed by atoms with Gasteiger partial charge in [-0.15, -0.1) is 0 Å². The number of nitrogens with one attached hydrogen (secondary N) is 3. The first-order valence-corrected chi connectivity index (χ1v) is 16.7. The van der Waals surface area contributed by atoms with Crippen molar-refractivity contribution in [3.63, 3.8) is 0 Å². The molecule has 41 heavy (non-hydrogen) atoms. The summed E-state index contributed by atoms with van der Waals surface area (Å²) in [5, 5.41) is 9.39. The summed E-state index contributed by atoms with van der Waals surface area (Å²) in [6, 6.07) is 5.53. The second-order valence-electron chi connectivity index (χ2n) is 14.1. The summed E-state index contributed by atoms with van der Waals surface area (Å²) in [5.74, 6) is 3.58. The van der Waals surface area contributed by atoms with Crippen LogP contribution in [-0.2, 0) is 14.4 Å². The molecule has 6 nitrogen and oxygen atoms in total. The van der Waals surface area contributed by atoms with Crippen LogP contribution in [0.5, 0.6) is 0 Å². The van der Waals surface area contributed by atoms with E-state index in [9.17, 15) is 14.4 Å². The summed E-state index contributed by atoms with van der Waals surface area (Å²) in [6.45, 7) is 11.3. The van der Waals surface area contributed by atoms with Gasteiger partial charge in [-0.1, -0.05) is 41.0 Å². The minimum atomic E-state index is 0.00572. The van der Waals surface area contributed by atoms with Crippen LogP contribution < -0.4 is 16.0 Å². The van der Waals surface area contributed by atoms with Gasteiger partial charge in [-0.2, -0.15) is 0 Å². The molecule has 0 spiro atoms. The largest absolute Gasteiger partial charge is 0.326 e. The van der Waals surface area contributed by atoms with Crippen LogP contribution in [0.1, 0.15) is 118 Å². The molecule has 3 N–H and O–H groups in total. The van der Waals surface area contributed by atoms with Gasteiger partial charge in [0.2, 0.25) is 17.7 Å². The Balaban J connectivity index is 1.44. The number of amides is 3. The summed E-state index contributed by atoms with van der Waals surface area (Å²) < 4.78 is 0. The topological polar surface area (TPSA) is 87.3 Å². The van der Waals surface area contributed by atoms with Gasteiger partial charge in [0.1, 0.15) is 0 Å². The lowest BCUT2D eigenvalue weighted by atomic mass is 9.76. The Morgan fingerprint density at radius 2 is 0.854 bits per heavy atom. The van der Waals surface area contributed by atoms with Crippen molar-refractivity contribution in [3.8, 4) is 0 Å². The van der Waals surface area contributed by atoms with Crippen LogP contribution in [0.15, 0.2) is 18.2 Å². The number of carbonyl (C=O) groups excluding carboxylic acids is 3. The van der Waals surface area contributed by atoms with E-state index < -0.39 is 0 Å². The average molecular weight is 566 g/mol. The second-order valence-corrected chi connectivity index (χ2v) is 14.1. The Hall–Kier alpha value is -2.37. The van der Waals surface area contributed by atoms with Crippen molar-refractivity contribution < 1.29 is 14.4 Å². The number of hydrogen-bond donors (Lipinski definition) is 3. The predicted molar refractivity (Wildman–Crippen MR) is 169 cm³/mol. The molecule has 0 aliphatic heterocycles. The fourth-order valence-corrected chi connectivity index (χ4v) is 7.51. The van der Waals surface area contributed by atoms with Gasteiger partial charge in [-0.25, -0.2) is 0 Å². The van der Waals surface area contributed by atoms with Crippen LogP contribution in [0.2, 0.25) is 0 Å². The quantitative estimate of drug-likeness (QED) is 0.280. The lowest BCUT2D eigenvalue weighted by Crippen LogP contribution is -2.29. The Labute approximate surface area is 248 Å². The van der Waals surface area contributed by atoms with Crippen LogP contribution in [0.25, 0.3) is 0 Å². The van der Waals surface area contributed by atoms with Crippen molar-refractivity contribution in [2.24, 2.45) is 47.3 Å². The molecule has 0 aromatic heterocycles. The van der Waals surface area contributed by atoms with Gasteiger partial charge in [-0.3, -0.25) is 14.4 Å². The van der Waals surface area contributed by atoms with E-state index in [2.05, 4.69) is 50.6 Å². The highest BCUT2D eigenvalue weighted by Crippen LogP contribution is 2.36. The molecular weight excluding hydrogens is 510 g/mol. The minimum absolute atomic E-state index is 0.00572. The number of benzene rings is 1. The maximum Gasteiger partial charge on any atom is 0.227 e. The third kappa shape index (κ3) is 8.81. The van der Waals surface area contributed by atoms with Crippen LogP contribution >= 0.6 is 0 Å². The maximum absolute atomic E-state index is 13.3. The van der Waals surface area contributed by atoms with Crippen LogP contribution in [0.4, 0.5) is 17.1 Å². The summed E-state index contributed by atoms with van der Waals surface area (Å²) in [4.78, 5) is 39.7. The summed E-state index contributed by atoms with van der Waals surface area (Å²) >= 11 is 0. The van der Waals surface area contributed by atoms with Gasteiger partial charge in [0, 0.05) is 34.8 Å². The zero-order valence-electron chi connectivity index (χ0n) is 26.3. The van der Waals surface area contributed by atoms with Gasteiger partial charge < -0.3 is 16.0 Å². The first kappa shape index (κ1) is 31.6. The molecule has 3 aliphatic carbocycles. The molecule has 228 valence electrons. The molecule has 3 aliphatic rings. The molecule has 0 bridgehead atoms. The second kappa shape index (κ2) is 14.7. The van der Waals surface area contributed by atoms with Crippen LogP contribution in [-0.4, -0.2) is 17.7 Å². The first-order chi connectivity index (χ1) is 19.6. The monoisotopic (exact) mass is 565 g/mol. The normalized spacial score (nSPS) is 28.8. The van der Waals surface area contributed by atoms with Crippen LogP contribution in [0.3, 0.4) is 0 Å². The van der Waals surface area contributed by atoms with Gasteiger partial charge in [0.05, 0.1) is 0 Å². The molecule has 4 rings (SSSR count). The Morgan fingerprint density at radius 3 is 1.12 bits per heavy atom. The number of hydrogen-bond acceptors (Lipinski definition) is 3. The van der Waals surface area contributed by atoms with Gasteiger partial charge in [0.15, 0.2) is 0 Å². The van der Waals surface area contributed by atoms with E-state index in [0.717, 1.165) is 83.0 Å². The lowest BCUT2D eigenvalue weighted by molar-refractivity contribution is -0.121. The van der Waals surface area contributed by atoms with Crippen molar-refractivity contribution in [1.82, 2.24) is 0 Å². The van der Waals surface area contributed by atoms with Gasteiger partial charge in [0.25, 0.3) is 0 Å². The maximum atomic E-state index is 13.3. The Kier molecular flexibility index (Phi) is 11.3. The van der Waals surface area contributed by atoms with Crippen LogP contribution in [0, 0.1) is 47.3 Å². The fraction of sp³-hybridized carbons (Fsp3) is 0.743.